The molecule has 0 fully saturated rings. The highest BCUT2D eigenvalue weighted by Gasteiger charge is 2.23. The molecule has 0 bridgehead atoms. The van der Waals surface area contributed by atoms with E-state index < -0.39 is 18.0 Å². The number of rotatable bonds is 4. The molecule has 92 valence electrons. The zero-order valence-electron chi connectivity index (χ0n) is 9.69. The molecule has 0 aliphatic rings. The van der Waals surface area contributed by atoms with Gasteiger partial charge < -0.3 is 15.0 Å². The minimum Gasteiger partial charge on any atom is -0.549 e. The minimum atomic E-state index is -1.28. The fourth-order valence-corrected chi connectivity index (χ4v) is 1.95. The second-order valence-corrected chi connectivity index (χ2v) is 4.06. The summed E-state index contributed by atoms with van der Waals surface area (Å²) in [5, 5.41) is 21.4. The van der Waals surface area contributed by atoms with E-state index in [1.807, 2.05) is 6.07 Å². The molecule has 18 heavy (non-hydrogen) atoms. The molecule has 0 spiro atoms. The fraction of sp³-hybridized carbons (Fsp3) is 0.133. The molecule has 3 heteroatoms. The number of carbonyl (C=O) groups excluding carboxylic acids is 1. The summed E-state index contributed by atoms with van der Waals surface area (Å²) in [5.74, 6) is -2.34. The summed E-state index contributed by atoms with van der Waals surface area (Å²) in [6.07, 6.45) is -1.11. The SMILES string of the molecule is O=C([O-])[C@@H](c1ccccc1)[C@H](O)c1ccccc1. The minimum absolute atomic E-state index is 0.536. The molecular weight excluding hydrogens is 228 g/mol. The number of aliphatic hydroxyl groups excluding tert-OH is 1. The normalized spacial score (nSPS) is 13.8. The molecule has 2 atom stereocenters. The lowest BCUT2D eigenvalue weighted by atomic mass is 9.89. The summed E-state index contributed by atoms with van der Waals surface area (Å²) in [6.45, 7) is 0. The van der Waals surface area contributed by atoms with E-state index in [2.05, 4.69) is 0 Å². The first-order chi connectivity index (χ1) is 8.70. The van der Waals surface area contributed by atoms with Gasteiger partial charge in [0.25, 0.3) is 0 Å². The van der Waals surface area contributed by atoms with Gasteiger partial charge >= 0.3 is 0 Å². The lowest BCUT2D eigenvalue weighted by molar-refractivity contribution is -0.310. The Hall–Kier alpha value is -2.13. The molecule has 0 saturated carbocycles. The Balaban J connectivity index is 2.35. The van der Waals surface area contributed by atoms with Crippen molar-refractivity contribution in [3.63, 3.8) is 0 Å². The maximum atomic E-state index is 11.2. The van der Waals surface area contributed by atoms with Crippen molar-refractivity contribution in [2.24, 2.45) is 0 Å². The highest BCUT2D eigenvalue weighted by molar-refractivity contribution is 5.75. The third-order valence-electron chi connectivity index (χ3n) is 2.87. The summed E-state index contributed by atoms with van der Waals surface area (Å²) in [6, 6.07) is 17.3. The lowest BCUT2D eigenvalue weighted by Gasteiger charge is -2.24. The zero-order chi connectivity index (χ0) is 13.0. The second kappa shape index (κ2) is 5.47. The molecule has 0 aromatic heterocycles. The van der Waals surface area contributed by atoms with E-state index in [1.165, 1.54) is 0 Å². The van der Waals surface area contributed by atoms with Crippen LogP contribution < -0.4 is 5.11 Å². The first kappa shape index (κ1) is 12.3. The van der Waals surface area contributed by atoms with Crippen LogP contribution in [0.25, 0.3) is 0 Å². The molecule has 2 rings (SSSR count). The first-order valence-corrected chi connectivity index (χ1v) is 5.69. The molecule has 0 aliphatic carbocycles. The van der Waals surface area contributed by atoms with Crippen molar-refractivity contribution in [1.29, 1.82) is 0 Å². The molecule has 2 aromatic carbocycles. The number of carbonyl (C=O) groups is 1. The van der Waals surface area contributed by atoms with Crippen LogP contribution in [0.15, 0.2) is 60.7 Å². The van der Waals surface area contributed by atoms with Crippen LogP contribution in [0.5, 0.6) is 0 Å². The molecule has 1 N–H and O–H groups in total. The van der Waals surface area contributed by atoms with Gasteiger partial charge in [-0.25, -0.2) is 0 Å². The van der Waals surface area contributed by atoms with Crippen molar-refractivity contribution in [1.82, 2.24) is 0 Å². The largest absolute Gasteiger partial charge is 0.549 e. The van der Waals surface area contributed by atoms with E-state index in [0.29, 0.717) is 11.1 Å². The van der Waals surface area contributed by atoms with Crippen LogP contribution in [0.1, 0.15) is 23.1 Å². The van der Waals surface area contributed by atoms with Crippen LogP contribution in [-0.4, -0.2) is 11.1 Å². The highest BCUT2D eigenvalue weighted by atomic mass is 16.4. The monoisotopic (exact) mass is 241 g/mol. The summed E-state index contributed by atoms with van der Waals surface area (Å²) in [5.41, 5.74) is 1.10. The number of hydrogen-bond acceptors (Lipinski definition) is 3. The first-order valence-electron chi connectivity index (χ1n) is 5.69. The summed E-state index contributed by atoms with van der Waals surface area (Å²) in [7, 11) is 0. The van der Waals surface area contributed by atoms with E-state index in [-0.39, 0.29) is 0 Å². The Kier molecular flexibility index (Phi) is 3.75. The Bertz CT molecular complexity index is 508. The number of aliphatic hydroxyl groups is 1. The van der Waals surface area contributed by atoms with Gasteiger partial charge in [0.2, 0.25) is 0 Å². The average Bonchev–Trinajstić information content (AvgIpc) is 2.40. The van der Waals surface area contributed by atoms with Crippen molar-refractivity contribution >= 4 is 5.97 Å². The molecule has 2 aromatic rings. The molecule has 3 nitrogen and oxygen atoms in total. The van der Waals surface area contributed by atoms with Crippen molar-refractivity contribution in [2.75, 3.05) is 0 Å². The van der Waals surface area contributed by atoms with E-state index in [1.54, 1.807) is 54.6 Å². The topological polar surface area (TPSA) is 60.4 Å². The number of benzene rings is 2. The number of hydrogen-bond donors (Lipinski definition) is 1. The van der Waals surface area contributed by atoms with Gasteiger partial charge in [0.1, 0.15) is 0 Å². The zero-order valence-corrected chi connectivity index (χ0v) is 9.69. The van der Waals surface area contributed by atoms with Crippen molar-refractivity contribution in [3.05, 3.63) is 71.8 Å². The second-order valence-electron chi connectivity index (χ2n) is 4.06. The molecule has 0 unspecified atom stereocenters. The Morgan fingerprint density at radius 1 is 0.889 bits per heavy atom. The number of carboxylic acids is 1. The summed E-state index contributed by atoms with van der Waals surface area (Å²) < 4.78 is 0. The van der Waals surface area contributed by atoms with Gasteiger partial charge in [-0.2, -0.15) is 0 Å². The number of carboxylic acid groups (broad SMARTS) is 1. The Labute approximate surface area is 105 Å². The Morgan fingerprint density at radius 3 is 1.78 bits per heavy atom. The molecule has 0 radical (unpaired) electrons. The smallest absolute Gasteiger partial charge is 0.0911 e. The lowest BCUT2D eigenvalue weighted by Crippen LogP contribution is -2.33. The van der Waals surface area contributed by atoms with Crippen LogP contribution in [0.3, 0.4) is 0 Å². The van der Waals surface area contributed by atoms with Gasteiger partial charge in [-0.1, -0.05) is 60.7 Å². The predicted molar refractivity (Wildman–Crippen MR) is 65.6 cm³/mol. The van der Waals surface area contributed by atoms with E-state index in [9.17, 15) is 15.0 Å². The van der Waals surface area contributed by atoms with Crippen LogP contribution in [-0.2, 0) is 4.79 Å². The maximum Gasteiger partial charge on any atom is 0.0911 e. The predicted octanol–water partition coefficient (Wildman–Crippen LogP) is 1.25. The fourth-order valence-electron chi connectivity index (χ4n) is 1.95. The van der Waals surface area contributed by atoms with Gasteiger partial charge in [-0.05, 0) is 11.1 Å². The van der Waals surface area contributed by atoms with Crippen molar-refractivity contribution in [2.45, 2.75) is 12.0 Å². The summed E-state index contributed by atoms with van der Waals surface area (Å²) >= 11 is 0. The van der Waals surface area contributed by atoms with E-state index in [4.69, 9.17) is 0 Å². The van der Waals surface area contributed by atoms with Crippen LogP contribution in [0, 0.1) is 0 Å². The third kappa shape index (κ3) is 2.57. The molecule has 0 heterocycles. The van der Waals surface area contributed by atoms with Crippen molar-refractivity contribution in [3.8, 4) is 0 Å². The maximum absolute atomic E-state index is 11.2. The van der Waals surface area contributed by atoms with E-state index >= 15 is 0 Å². The van der Waals surface area contributed by atoms with E-state index in [0.717, 1.165) is 0 Å². The van der Waals surface area contributed by atoms with Crippen LogP contribution >= 0.6 is 0 Å². The molecular formula is C15H13O3-. The molecule has 0 aliphatic heterocycles. The number of aliphatic carboxylic acids is 1. The Morgan fingerprint density at radius 2 is 1.33 bits per heavy atom. The van der Waals surface area contributed by atoms with Gasteiger partial charge in [0.15, 0.2) is 0 Å². The van der Waals surface area contributed by atoms with Crippen LogP contribution in [0.4, 0.5) is 0 Å². The van der Waals surface area contributed by atoms with Gasteiger partial charge in [0.05, 0.1) is 18.0 Å². The quantitative estimate of drug-likeness (QED) is 0.876. The average molecular weight is 241 g/mol. The summed E-state index contributed by atoms with van der Waals surface area (Å²) in [4.78, 5) is 11.2. The van der Waals surface area contributed by atoms with Gasteiger partial charge in [-0.3, -0.25) is 0 Å². The van der Waals surface area contributed by atoms with Crippen LogP contribution in [0.2, 0.25) is 0 Å². The van der Waals surface area contributed by atoms with Gasteiger partial charge in [-0.15, -0.1) is 0 Å². The van der Waals surface area contributed by atoms with Gasteiger partial charge in [0, 0.05) is 0 Å². The standard InChI is InChI=1S/C15H14O3/c16-14(12-9-5-2-6-10-12)13(15(17)18)11-7-3-1-4-8-11/h1-10,13-14,16H,(H,17,18)/p-1/t13-,14+/m0/s1. The highest BCUT2D eigenvalue weighted by Crippen LogP contribution is 2.30. The third-order valence-corrected chi connectivity index (χ3v) is 2.87. The molecule has 0 amide bonds. The van der Waals surface area contributed by atoms with Crippen molar-refractivity contribution < 1.29 is 15.0 Å². The molecule has 0 saturated heterocycles.